The van der Waals surface area contributed by atoms with Crippen molar-refractivity contribution in [3.63, 3.8) is 0 Å². The first kappa shape index (κ1) is 21.9. The van der Waals surface area contributed by atoms with E-state index >= 15 is 0 Å². The molecular formula is C28H21N3O4. The highest BCUT2D eigenvalue weighted by Crippen LogP contribution is 2.29. The minimum Gasteiger partial charge on any atom is -0.465 e. The molecule has 0 aliphatic carbocycles. The van der Waals surface area contributed by atoms with E-state index in [1.54, 1.807) is 34.9 Å². The van der Waals surface area contributed by atoms with Crippen molar-refractivity contribution in [1.29, 1.82) is 0 Å². The number of carbonyl (C=O) groups excluding carboxylic acids is 3. The van der Waals surface area contributed by atoms with Crippen LogP contribution < -0.4 is 10.6 Å². The lowest BCUT2D eigenvalue weighted by Gasteiger charge is -2.13. The summed E-state index contributed by atoms with van der Waals surface area (Å²) in [6.45, 7) is 0. The zero-order chi connectivity index (χ0) is 24.4. The molecule has 0 aliphatic heterocycles. The summed E-state index contributed by atoms with van der Waals surface area (Å²) in [6.07, 6.45) is 0. The number of esters is 1. The van der Waals surface area contributed by atoms with Crippen molar-refractivity contribution in [3.8, 4) is 0 Å². The maximum Gasteiger partial charge on any atom is 0.337 e. The van der Waals surface area contributed by atoms with E-state index in [4.69, 9.17) is 4.74 Å². The number of carbonyl (C=O) groups is 3. The van der Waals surface area contributed by atoms with Crippen molar-refractivity contribution < 1.29 is 19.1 Å². The molecular weight excluding hydrogens is 442 g/mol. The molecule has 7 heteroatoms. The maximum atomic E-state index is 13.5. The van der Waals surface area contributed by atoms with Crippen molar-refractivity contribution in [1.82, 2.24) is 4.57 Å². The fraction of sp³-hybridized carbons (Fsp3) is 0.0357. The topological polar surface area (TPSA) is 89.4 Å². The first-order valence-electron chi connectivity index (χ1n) is 10.9. The van der Waals surface area contributed by atoms with Gasteiger partial charge in [-0.3, -0.25) is 9.36 Å². The van der Waals surface area contributed by atoms with Crippen LogP contribution in [0.5, 0.6) is 0 Å². The van der Waals surface area contributed by atoms with Crippen LogP contribution in [0.3, 0.4) is 0 Å². The summed E-state index contributed by atoms with van der Waals surface area (Å²) in [5.41, 5.74) is 2.85. The van der Waals surface area contributed by atoms with Gasteiger partial charge in [-0.05, 0) is 42.5 Å². The molecule has 0 fully saturated rings. The highest BCUT2D eigenvalue weighted by Gasteiger charge is 2.17. The van der Waals surface area contributed by atoms with Gasteiger partial charge in [0.25, 0.3) is 5.91 Å². The van der Waals surface area contributed by atoms with E-state index in [1.165, 1.54) is 19.2 Å². The van der Waals surface area contributed by atoms with Gasteiger partial charge in [-0.15, -0.1) is 0 Å². The first-order valence-corrected chi connectivity index (χ1v) is 10.9. The third kappa shape index (κ3) is 4.22. The van der Waals surface area contributed by atoms with Crippen molar-refractivity contribution in [2.24, 2.45) is 0 Å². The van der Waals surface area contributed by atoms with Crippen molar-refractivity contribution >= 4 is 51.1 Å². The molecule has 0 saturated carbocycles. The standard InChI is InChI=1S/C28H21N3O4/c1-35-27(33)19-15-20(29-26(32)18-9-3-2-4-10-18)17-21(16-19)30-28(34)31-24-13-7-5-11-22(24)23-12-6-8-14-25(23)31/h2-17H,1H3,(H,29,32)(H,30,34). The maximum absolute atomic E-state index is 13.5. The molecule has 2 N–H and O–H groups in total. The van der Waals surface area contributed by atoms with E-state index in [1.807, 2.05) is 54.6 Å². The number of methoxy groups -OCH3 is 1. The molecule has 5 aromatic rings. The summed E-state index contributed by atoms with van der Waals surface area (Å²) < 4.78 is 6.45. The number of ether oxygens (including phenoxy) is 1. The normalized spacial score (nSPS) is 10.8. The molecule has 0 unspecified atom stereocenters. The van der Waals surface area contributed by atoms with Gasteiger partial charge >= 0.3 is 12.0 Å². The summed E-state index contributed by atoms with van der Waals surface area (Å²) in [5, 5.41) is 7.56. The van der Waals surface area contributed by atoms with Crippen molar-refractivity contribution in [2.45, 2.75) is 0 Å². The Labute approximate surface area is 200 Å². The second-order valence-electron chi connectivity index (χ2n) is 7.91. The van der Waals surface area contributed by atoms with Crippen LogP contribution in [-0.2, 0) is 4.74 Å². The number of aromatic nitrogens is 1. The third-order valence-electron chi connectivity index (χ3n) is 5.68. The molecule has 0 aliphatic rings. The number of hydrogen-bond donors (Lipinski definition) is 2. The van der Waals surface area contributed by atoms with Gasteiger partial charge in [0.1, 0.15) is 0 Å². The molecule has 35 heavy (non-hydrogen) atoms. The molecule has 0 spiro atoms. The lowest BCUT2D eigenvalue weighted by atomic mass is 10.1. The zero-order valence-corrected chi connectivity index (χ0v) is 18.8. The van der Waals surface area contributed by atoms with Crippen LogP contribution in [0, 0.1) is 0 Å². The Balaban J connectivity index is 1.52. The van der Waals surface area contributed by atoms with Gasteiger partial charge in [0.15, 0.2) is 0 Å². The highest BCUT2D eigenvalue weighted by molar-refractivity contribution is 6.15. The Morgan fingerprint density at radius 2 is 1.20 bits per heavy atom. The van der Waals surface area contributed by atoms with Crippen molar-refractivity contribution in [2.75, 3.05) is 17.7 Å². The minimum absolute atomic E-state index is 0.191. The Morgan fingerprint density at radius 1 is 0.657 bits per heavy atom. The number of nitrogens with zero attached hydrogens (tertiary/aromatic N) is 1. The molecule has 1 heterocycles. The smallest absolute Gasteiger partial charge is 0.337 e. The average Bonchev–Trinajstić information content (AvgIpc) is 3.23. The van der Waals surface area contributed by atoms with Crippen LogP contribution >= 0.6 is 0 Å². The lowest BCUT2D eigenvalue weighted by Crippen LogP contribution is -2.20. The molecule has 5 rings (SSSR count). The molecule has 0 atom stereocenters. The fourth-order valence-corrected chi connectivity index (χ4v) is 4.12. The van der Waals surface area contributed by atoms with E-state index in [-0.39, 0.29) is 11.5 Å². The van der Waals surface area contributed by atoms with Crippen LogP contribution in [0.2, 0.25) is 0 Å². The second kappa shape index (κ2) is 9.15. The predicted molar refractivity (Wildman–Crippen MR) is 136 cm³/mol. The zero-order valence-electron chi connectivity index (χ0n) is 18.8. The molecule has 0 radical (unpaired) electrons. The summed E-state index contributed by atoms with van der Waals surface area (Å²) in [5.74, 6) is -0.930. The Kier molecular flexibility index (Phi) is 5.73. The number of nitrogens with one attached hydrogen (secondary N) is 2. The molecule has 0 bridgehead atoms. The molecule has 4 aromatic carbocycles. The number of rotatable bonds is 4. The lowest BCUT2D eigenvalue weighted by molar-refractivity contribution is 0.0600. The van der Waals surface area contributed by atoms with Gasteiger partial charge in [-0.2, -0.15) is 0 Å². The molecule has 172 valence electrons. The predicted octanol–water partition coefficient (Wildman–Crippen LogP) is 5.91. The van der Waals surface area contributed by atoms with Gasteiger partial charge in [0.05, 0.1) is 23.7 Å². The van der Waals surface area contributed by atoms with E-state index in [0.717, 1.165) is 21.8 Å². The minimum atomic E-state index is -0.590. The Morgan fingerprint density at radius 3 is 1.80 bits per heavy atom. The quantitative estimate of drug-likeness (QED) is 0.324. The van der Waals surface area contributed by atoms with Crippen LogP contribution in [0.25, 0.3) is 21.8 Å². The Hall–Kier alpha value is -4.91. The second-order valence-corrected chi connectivity index (χ2v) is 7.91. The van der Waals surface area contributed by atoms with Gasteiger partial charge < -0.3 is 15.4 Å². The highest BCUT2D eigenvalue weighted by atomic mass is 16.5. The van der Waals surface area contributed by atoms with E-state index in [2.05, 4.69) is 10.6 Å². The number of fused-ring (bicyclic) bond motifs is 3. The number of amides is 2. The number of hydrogen-bond acceptors (Lipinski definition) is 4. The third-order valence-corrected chi connectivity index (χ3v) is 5.68. The van der Waals surface area contributed by atoms with Gasteiger partial charge in [0.2, 0.25) is 0 Å². The number of benzene rings is 4. The van der Waals surface area contributed by atoms with E-state index < -0.39 is 12.0 Å². The van der Waals surface area contributed by atoms with Gasteiger partial charge in [0, 0.05) is 27.7 Å². The summed E-state index contributed by atoms with van der Waals surface area (Å²) in [7, 11) is 1.27. The number of para-hydroxylation sites is 2. The SMILES string of the molecule is COC(=O)c1cc(NC(=O)c2ccccc2)cc(NC(=O)n2c3ccccc3c3ccccc32)c1. The van der Waals surface area contributed by atoms with Crippen LogP contribution in [0.15, 0.2) is 97.1 Å². The van der Waals surface area contributed by atoms with Crippen LogP contribution in [0.1, 0.15) is 20.7 Å². The fourth-order valence-electron chi connectivity index (χ4n) is 4.12. The summed E-state index contributed by atoms with van der Waals surface area (Å²) in [6, 6.07) is 28.2. The monoisotopic (exact) mass is 463 g/mol. The first-order chi connectivity index (χ1) is 17.0. The van der Waals surface area contributed by atoms with Crippen LogP contribution in [0.4, 0.5) is 16.2 Å². The molecule has 2 amide bonds. The summed E-state index contributed by atoms with van der Waals surface area (Å²) in [4.78, 5) is 38.4. The van der Waals surface area contributed by atoms with E-state index in [0.29, 0.717) is 16.9 Å². The van der Waals surface area contributed by atoms with Gasteiger partial charge in [-0.25, -0.2) is 9.59 Å². The largest absolute Gasteiger partial charge is 0.465 e. The Bertz CT molecular complexity index is 1540. The van der Waals surface area contributed by atoms with Crippen LogP contribution in [-0.4, -0.2) is 29.6 Å². The van der Waals surface area contributed by atoms with E-state index in [9.17, 15) is 14.4 Å². The van der Waals surface area contributed by atoms with Crippen molar-refractivity contribution in [3.05, 3.63) is 108 Å². The average molecular weight is 463 g/mol. The number of anilines is 2. The summed E-state index contributed by atoms with van der Waals surface area (Å²) >= 11 is 0. The van der Waals surface area contributed by atoms with Gasteiger partial charge in [-0.1, -0.05) is 54.6 Å². The molecule has 0 saturated heterocycles. The molecule has 7 nitrogen and oxygen atoms in total. The molecule has 1 aromatic heterocycles.